The van der Waals surface area contributed by atoms with Crippen molar-refractivity contribution < 1.29 is 9.90 Å². The SMILES string of the molecule is CCCCCCC(=O)NCCNCC(C)O. The van der Waals surface area contributed by atoms with E-state index in [1.165, 1.54) is 12.8 Å². The second-order valence-electron chi connectivity index (χ2n) is 4.21. The molecule has 0 bridgehead atoms. The molecule has 1 amide bonds. The van der Waals surface area contributed by atoms with Crippen LogP contribution in [0.4, 0.5) is 0 Å². The van der Waals surface area contributed by atoms with Crippen LogP contribution in [0.1, 0.15) is 46.0 Å². The Kier molecular flexibility index (Phi) is 10.5. The summed E-state index contributed by atoms with van der Waals surface area (Å²) in [5.74, 6) is 0.134. The fourth-order valence-corrected chi connectivity index (χ4v) is 1.40. The third-order valence-corrected chi connectivity index (χ3v) is 2.32. The zero-order chi connectivity index (χ0) is 12.2. The van der Waals surface area contributed by atoms with Crippen LogP contribution in [-0.2, 0) is 4.79 Å². The Labute approximate surface area is 98.8 Å². The van der Waals surface area contributed by atoms with Crippen LogP contribution in [-0.4, -0.2) is 36.8 Å². The van der Waals surface area contributed by atoms with Crippen molar-refractivity contribution in [1.82, 2.24) is 10.6 Å². The Bertz CT molecular complexity index is 172. The molecule has 0 spiro atoms. The van der Waals surface area contributed by atoms with Gasteiger partial charge in [0.15, 0.2) is 0 Å². The number of hydrogen-bond donors (Lipinski definition) is 3. The molecule has 0 aromatic heterocycles. The zero-order valence-corrected chi connectivity index (χ0v) is 10.6. The van der Waals surface area contributed by atoms with E-state index < -0.39 is 0 Å². The summed E-state index contributed by atoms with van der Waals surface area (Å²) in [6, 6.07) is 0. The van der Waals surface area contributed by atoms with E-state index in [4.69, 9.17) is 5.11 Å². The van der Waals surface area contributed by atoms with Crippen molar-refractivity contribution in [3.05, 3.63) is 0 Å². The first-order valence-electron chi connectivity index (χ1n) is 6.32. The standard InChI is InChI=1S/C12H26N2O2/c1-3-4-5-6-7-12(16)14-9-8-13-10-11(2)15/h11,13,15H,3-10H2,1-2H3,(H,14,16). The van der Waals surface area contributed by atoms with Gasteiger partial charge in [-0.05, 0) is 13.3 Å². The first kappa shape index (κ1) is 15.4. The number of unbranched alkanes of at least 4 members (excludes halogenated alkanes) is 3. The van der Waals surface area contributed by atoms with Crippen molar-refractivity contribution in [2.24, 2.45) is 0 Å². The van der Waals surface area contributed by atoms with Gasteiger partial charge < -0.3 is 15.7 Å². The van der Waals surface area contributed by atoms with Gasteiger partial charge in [-0.2, -0.15) is 0 Å². The number of hydrogen-bond acceptors (Lipinski definition) is 3. The Morgan fingerprint density at radius 2 is 2.00 bits per heavy atom. The lowest BCUT2D eigenvalue weighted by molar-refractivity contribution is -0.121. The van der Waals surface area contributed by atoms with Crippen LogP contribution in [0.25, 0.3) is 0 Å². The van der Waals surface area contributed by atoms with Gasteiger partial charge in [0.05, 0.1) is 6.10 Å². The number of nitrogens with one attached hydrogen (secondary N) is 2. The van der Waals surface area contributed by atoms with Gasteiger partial charge >= 0.3 is 0 Å². The van der Waals surface area contributed by atoms with E-state index in [-0.39, 0.29) is 12.0 Å². The summed E-state index contributed by atoms with van der Waals surface area (Å²) in [6.07, 6.45) is 4.85. The monoisotopic (exact) mass is 230 g/mol. The highest BCUT2D eigenvalue weighted by atomic mass is 16.3. The first-order valence-corrected chi connectivity index (χ1v) is 6.32. The second-order valence-corrected chi connectivity index (χ2v) is 4.21. The number of amides is 1. The molecule has 0 aliphatic carbocycles. The lowest BCUT2D eigenvalue weighted by atomic mass is 10.1. The summed E-state index contributed by atoms with van der Waals surface area (Å²) >= 11 is 0. The molecule has 3 N–H and O–H groups in total. The summed E-state index contributed by atoms with van der Waals surface area (Å²) in [5, 5.41) is 14.9. The Morgan fingerprint density at radius 1 is 1.25 bits per heavy atom. The summed E-state index contributed by atoms with van der Waals surface area (Å²) in [5.41, 5.74) is 0. The van der Waals surface area contributed by atoms with Gasteiger partial charge in [-0.25, -0.2) is 0 Å². The number of aliphatic hydroxyl groups excluding tert-OH is 1. The fourth-order valence-electron chi connectivity index (χ4n) is 1.40. The third-order valence-electron chi connectivity index (χ3n) is 2.32. The molecule has 1 atom stereocenters. The maximum absolute atomic E-state index is 11.3. The summed E-state index contributed by atoms with van der Waals surface area (Å²) in [6.45, 7) is 5.82. The quantitative estimate of drug-likeness (QED) is 0.491. The van der Waals surface area contributed by atoms with Crippen molar-refractivity contribution in [3.63, 3.8) is 0 Å². The van der Waals surface area contributed by atoms with Gasteiger partial charge in [-0.15, -0.1) is 0 Å². The maximum atomic E-state index is 11.3. The molecule has 0 radical (unpaired) electrons. The average molecular weight is 230 g/mol. The predicted octanol–water partition coefficient (Wildman–Crippen LogP) is 1.04. The lowest BCUT2D eigenvalue weighted by Crippen LogP contribution is -2.34. The molecular weight excluding hydrogens is 204 g/mol. The van der Waals surface area contributed by atoms with E-state index in [0.29, 0.717) is 26.1 Å². The molecular formula is C12H26N2O2. The van der Waals surface area contributed by atoms with Crippen LogP contribution in [0.5, 0.6) is 0 Å². The molecule has 1 unspecified atom stereocenters. The third kappa shape index (κ3) is 11.5. The summed E-state index contributed by atoms with van der Waals surface area (Å²) < 4.78 is 0. The van der Waals surface area contributed by atoms with Crippen molar-refractivity contribution in [3.8, 4) is 0 Å². The molecule has 0 saturated carbocycles. The maximum Gasteiger partial charge on any atom is 0.220 e. The highest BCUT2D eigenvalue weighted by Gasteiger charge is 2.00. The number of carbonyl (C=O) groups is 1. The normalized spacial score (nSPS) is 12.4. The Hall–Kier alpha value is -0.610. The van der Waals surface area contributed by atoms with E-state index in [2.05, 4.69) is 17.6 Å². The van der Waals surface area contributed by atoms with E-state index in [0.717, 1.165) is 12.8 Å². The average Bonchev–Trinajstić information content (AvgIpc) is 2.23. The minimum atomic E-state index is -0.329. The van der Waals surface area contributed by atoms with Crippen LogP contribution in [0.3, 0.4) is 0 Å². The van der Waals surface area contributed by atoms with Crippen molar-refractivity contribution >= 4 is 5.91 Å². The molecule has 0 heterocycles. The summed E-state index contributed by atoms with van der Waals surface area (Å²) in [7, 11) is 0. The van der Waals surface area contributed by atoms with Crippen LogP contribution in [0.15, 0.2) is 0 Å². The molecule has 0 saturated heterocycles. The highest BCUT2D eigenvalue weighted by molar-refractivity contribution is 5.75. The number of carbonyl (C=O) groups excluding carboxylic acids is 1. The van der Waals surface area contributed by atoms with Crippen molar-refractivity contribution in [2.45, 2.75) is 52.1 Å². The van der Waals surface area contributed by atoms with Gasteiger partial charge in [-0.3, -0.25) is 4.79 Å². The predicted molar refractivity (Wildman–Crippen MR) is 66.3 cm³/mol. The van der Waals surface area contributed by atoms with Crippen LogP contribution >= 0.6 is 0 Å². The first-order chi connectivity index (χ1) is 7.66. The molecule has 4 heteroatoms. The van der Waals surface area contributed by atoms with E-state index in [9.17, 15) is 4.79 Å². The fraction of sp³-hybridized carbons (Fsp3) is 0.917. The summed E-state index contributed by atoms with van der Waals surface area (Å²) in [4.78, 5) is 11.3. The van der Waals surface area contributed by atoms with Crippen molar-refractivity contribution in [1.29, 1.82) is 0 Å². The van der Waals surface area contributed by atoms with Crippen LogP contribution in [0.2, 0.25) is 0 Å². The van der Waals surface area contributed by atoms with Crippen molar-refractivity contribution in [2.75, 3.05) is 19.6 Å². The number of aliphatic hydroxyl groups is 1. The Balaban J connectivity index is 3.17. The highest BCUT2D eigenvalue weighted by Crippen LogP contribution is 2.01. The van der Waals surface area contributed by atoms with Crippen LogP contribution in [0, 0.1) is 0 Å². The lowest BCUT2D eigenvalue weighted by Gasteiger charge is -2.08. The number of rotatable bonds is 10. The van der Waals surface area contributed by atoms with E-state index >= 15 is 0 Å². The topological polar surface area (TPSA) is 61.4 Å². The zero-order valence-electron chi connectivity index (χ0n) is 10.6. The van der Waals surface area contributed by atoms with E-state index in [1.54, 1.807) is 6.92 Å². The molecule has 0 aliphatic rings. The van der Waals surface area contributed by atoms with E-state index in [1.807, 2.05) is 0 Å². The van der Waals surface area contributed by atoms with Gasteiger partial charge in [0.25, 0.3) is 0 Å². The minimum absolute atomic E-state index is 0.134. The molecule has 16 heavy (non-hydrogen) atoms. The van der Waals surface area contributed by atoms with Crippen LogP contribution < -0.4 is 10.6 Å². The largest absolute Gasteiger partial charge is 0.392 e. The molecule has 96 valence electrons. The second kappa shape index (κ2) is 10.9. The van der Waals surface area contributed by atoms with Gasteiger partial charge in [0.1, 0.15) is 0 Å². The van der Waals surface area contributed by atoms with Gasteiger partial charge in [0.2, 0.25) is 5.91 Å². The Morgan fingerprint density at radius 3 is 2.62 bits per heavy atom. The molecule has 4 nitrogen and oxygen atoms in total. The molecule has 0 aromatic carbocycles. The molecule has 0 aliphatic heterocycles. The molecule has 0 aromatic rings. The van der Waals surface area contributed by atoms with Gasteiger partial charge in [-0.1, -0.05) is 26.2 Å². The minimum Gasteiger partial charge on any atom is -0.392 e. The smallest absolute Gasteiger partial charge is 0.220 e. The molecule has 0 fully saturated rings. The van der Waals surface area contributed by atoms with Gasteiger partial charge in [0, 0.05) is 26.1 Å². The molecule has 0 rings (SSSR count).